The van der Waals surface area contributed by atoms with Crippen molar-refractivity contribution < 1.29 is 28.6 Å². The molecule has 0 saturated heterocycles. The molecule has 0 heterocycles. The fraction of sp³-hybridized carbons (Fsp3) is 0.729. The molecule has 0 radical (unpaired) electrons. The molecule has 1 atom stereocenters. The summed E-state index contributed by atoms with van der Waals surface area (Å²) in [4.78, 5) is 38.1. The number of unbranched alkanes of at least 4 members (excludes halogenated alkanes) is 31. The Bertz CT molecular complexity index is 1490. The first kappa shape index (κ1) is 72.3. The van der Waals surface area contributed by atoms with Gasteiger partial charge in [0.1, 0.15) is 13.2 Å². The van der Waals surface area contributed by atoms with Crippen LogP contribution < -0.4 is 0 Å². The van der Waals surface area contributed by atoms with Crippen molar-refractivity contribution in [2.24, 2.45) is 0 Å². The van der Waals surface area contributed by atoms with Crippen molar-refractivity contribution in [1.82, 2.24) is 0 Å². The van der Waals surface area contributed by atoms with Crippen LogP contribution in [0.15, 0.2) is 97.2 Å². The highest BCUT2D eigenvalue weighted by atomic mass is 16.6. The first-order chi connectivity index (χ1) is 37.5. The van der Waals surface area contributed by atoms with Crippen LogP contribution in [0, 0.1) is 0 Å². The maximum atomic E-state index is 12.8. The van der Waals surface area contributed by atoms with E-state index in [1.165, 1.54) is 173 Å². The van der Waals surface area contributed by atoms with Gasteiger partial charge in [0.25, 0.3) is 0 Å². The zero-order valence-corrected chi connectivity index (χ0v) is 50.0. The van der Waals surface area contributed by atoms with Crippen LogP contribution in [0.4, 0.5) is 0 Å². The Morgan fingerprint density at radius 1 is 0.276 bits per heavy atom. The maximum Gasteiger partial charge on any atom is 0.306 e. The molecule has 0 aliphatic rings. The Hall–Kier alpha value is -3.67. The summed E-state index contributed by atoms with van der Waals surface area (Å²) < 4.78 is 16.8. The lowest BCUT2D eigenvalue weighted by molar-refractivity contribution is -0.166. The van der Waals surface area contributed by atoms with Crippen LogP contribution in [-0.2, 0) is 28.6 Å². The largest absolute Gasteiger partial charge is 0.462 e. The topological polar surface area (TPSA) is 78.9 Å². The van der Waals surface area contributed by atoms with E-state index in [2.05, 4.69) is 106 Å². The monoisotopic (exact) mass is 1060 g/mol. The van der Waals surface area contributed by atoms with E-state index in [1.54, 1.807) is 0 Å². The van der Waals surface area contributed by atoms with Crippen LogP contribution in [0.2, 0.25) is 0 Å². The number of rotatable bonds is 58. The summed E-state index contributed by atoms with van der Waals surface area (Å²) in [7, 11) is 0. The van der Waals surface area contributed by atoms with Gasteiger partial charge in [-0.05, 0) is 109 Å². The van der Waals surface area contributed by atoms with Gasteiger partial charge in [-0.15, -0.1) is 0 Å². The van der Waals surface area contributed by atoms with Crippen LogP contribution >= 0.6 is 0 Å². The molecule has 0 bridgehead atoms. The van der Waals surface area contributed by atoms with Crippen LogP contribution in [0.1, 0.15) is 310 Å². The smallest absolute Gasteiger partial charge is 0.306 e. The van der Waals surface area contributed by atoms with Crippen molar-refractivity contribution in [3.63, 3.8) is 0 Å². The highest BCUT2D eigenvalue weighted by molar-refractivity contribution is 5.71. The summed E-state index contributed by atoms with van der Waals surface area (Å²) in [6.07, 6.45) is 86.0. The van der Waals surface area contributed by atoms with Gasteiger partial charge >= 0.3 is 17.9 Å². The summed E-state index contributed by atoms with van der Waals surface area (Å²) in [6, 6.07) is 0. The number of carbonyl (C=O) groups is 3. The van der Waals surface area contributed by atoms with Crippen molar-refractivity contribution in [1.29, 1.82) is 0 Å². The van der Waals surface area contributed by atoms with Gasteiger partial charge in [-0.25, -0.2) is 0 Å². The summed E-state index contributed by atoms with van der Waals surface area (Å²) in [6.45, 7) is 6.43. The second kappa shape index (κ2) is 63.9. The highest BCUT2D eigenvalue weighted by Gasteiger charge is 2.19. The molecule has 0 aliphatic heterocycles. The van der Waals surface area contributed by atoms with E-state index in [4.69, 9.17) is 14.2 Å². The number of carbonyl (C=O) groups excluding carboxylic acids is 3. The summed E-state index contributed by atoms with van der Waals surface area (Å²) in [5.41, 5.74) is 0. The molecule has 0 fully saturated rings. The molecule has 0 spiro atoms. The third kappa shape index (κ3) is 61.2. The molecular formula is C70H120O6. The molecule has 0 saturated carbocycles. The van der Waals surface area contributed by atoms with Crippen LogP contribution in [0.25, 0.3) is 0 Å². The second-order valence-electron chi connectivity index (χ2n) is 21.3. The zero-order valence-electron chi connectivity index (χ0n) is 50.0. The summed E-state index contributed by atoms with van der Waals surface area (Å²) in [5, 5.41) is 0. The van der Waals surface area contributed by atoms with E-state index in [0.717, 1.165) is 89.9 Å². The van der Waals surface area contributed by atoms with E-state index >= 15 is 0 Å². The lowest BCUT2D eigenvalue weighted by Crippen LogP contribution is -2.30. The van der Waals surface area contributed by atoms with Gasteiger partial charge < -0.3 is 14.2 Å². The fourth-order valence-electron chi connectivity index (χ4n) is 8.99. The van der Waals surface area contributed by atoms with Gasteiger partial charge in [-0.1, -0.05) is 279 Å². The molecular weight excluding hydrogens is 937 g/mol. The number of esters is 3. The normalized spacial score (nSPS) is 12.7. The minimum absolute atomic E-state index is 0.107. The standard InChI is InChI=1S/C70H120O6/c1-4-7-10-13-16-19-22-25-26-27-28-29-30-31-32-33-34-35-36-37-38-39-40-41-42-43-44-46-48-51-54-57-60-63-69(72)75-66-67(65-74-68(71)62-59-56-53-50-47-24-21-18-15-12-9-6-3)76-70(73)64-61-58-55-52-49-45-23-20-17-14-11-8-5-2/h8,11,17-18,20-22,25,27-28,30-31,45,49,55,58,67H,4-7,9-10,12-16,19,23-24,26,29,32-44,46-48,50-54,56-57,59-66H2,1-3H3/b11-8-,20-17-,21-18-,25-22-,28-27-,31-30-,49-45-,58-55-. The molecule has 1 unspecified atom stereocenters. The van der Waals surface area contributed by atoms with E-state index in [0.29, 0.717) is 19.3 Å². The number of allylic oxidation sites excluding steroid dienone is 16. The summed E-state index contributed by atoms with van der Waals surface area (Å²) >= 11 is 0. The SMILES string of the molecule is CC/C=C\C/C=C\C/C=C\C/C=C\CCC(=O)OC(COC(=O)CCCCCCC/C=C\CCCCC)COC(=O)CCCCCCCCCCCCCCCCCCCC/C=C\C/C=C\C/C=C\CCCCCCC. The second-order valence-corrected chi connectivity index (χ2v) is 21.3. The highest BCUT2D eigenvalue weighted by Crippen LogP contribution is 2.16. The van der Waals surface area contributed by atoms with Crippen LogP contribution in [0.5, 0.6) is 0 Å². The first-order valence-corrected chi connectivity index (χ1v) is 32.2. The van der Waals surface area contributed by atoms with Crippen molar-refractivity contribution in [3.05, 3.63) is 97.2 Å². The molecule has 6 heteroatoms. The van der Waals surface area contributed by atoms with E-state index in [9.17, 15) is 14.4 Å². The molecule has 0 N–H and O–H groups in total. The minimum Gasteiger partial charge on any atom is -0.462 e. The Labute approximate surface area is 470 Å². The van der Waals surface area contributed by atoms with E-state index in [1.807, 2.05) is 12.2 Å². The van der Waals surface area contributed by atoms with E-state index in [-0.39, 0.29) is 31.6 Å². The Morgan fingerprint density at radius 3 is 0.895 bits per heavy atom. The van der Waals surface area contributed by atoms with E-state index < -0.39 is 12.1 Å². The van der Waals surface area contributed by atoms with Gasteiger partial charge in [-0.2, -0.15) is 0 Å². The molecule has 0 aromatic rings. The Morgan fingerprint density at radius 2 is 0.539 bits per heavy atom. The Balaban J connectivity index is 4.13. The van der Waals surface area contributed by atoms with Gasteiger partial charge in [0, 0.05) is 19.3 Å². The van der Waals surface area contributed by atoms with Crippen molar-refractivity contribution in [3.8, 4) is 0 Å². The molecule has 0 rings (SSSR count). The Kier molecular flexibility index (Phi) is 60.8. The van der Waals surface area contributed by atoms with Gasteiger partial charge in [-0.3, -0.25) is 14.4 Å². The van der Waals surface area contributed by atoms with Crippen molar-refractivity contribution >= 4 is 17.9 Å². The lowest BCUT2D eigenvalue weighted by atomic mass is 10.0. The average Bonchev–Trinajstić information content (AvgIpc) is 3.42. The lowest BCUT2D eigenvalue weighted by Gasteiger charge is -2.18. The molecule has 6 nitrogen and oxygen atoms in total. The van der Waals surface area contributed by atoms with Crippen LogP contribution in [-0.4, -0.2) is 37.2 Å². The fourth-order valence-corrected chi connectivity index (χ4v) is 8.99. The molecule has 0 amide bonds. The molecule has 0 aliphatic carbocycles. The summed E-state index contributed by atoms with van der Waals surface area (Å²) in [5.74, 6) is -0.992. The molecule has 0 aromatic carbocycles. The third-order valence-electron chi connectivity index (χ3n) is 13.8. The number of hydrogen-bond acceptors (Lipinski definition) is 6. The molecule has 76 heavy (non-hydrogen) atoms. The van der Waals surface area contributed by atoms with Gasteiger partial charge in [0.2, 0.25) is 0 Å². The zero-order chi connectivity index (χ0) is 55.0. The maximum absolute atomic E-state index is 12.8. The predicted molar refractivity (Wildman–Crippen MR) is 330 cm³/mol. The average molecular weight is 1060 g/mol. The molecule has 436 valence electrons. The quantitative estimate of drug-likeness (QED) is 0.0261. The van der Waals surface area contributed by atoms with Crippen molar-refractivity contribution in [2.45, 2.75) is 316 Å². The predicted octanol–water partition coefficient (Wildman–Crippen LogP) is 22.0. The number of ether oxygens (including phenoxy) is 3. The van der Waals surface area contributed by atoms with Crippen molar-refractivity contribution in [2.75, 3.05) is 13.2 Å². The number of hydrogen-bond donors (Lipinski definition) is 0. The minimum atomic E-state index is -0.818. The third-order valence-corrected chi connectivity index (χ3v) is 13.8. The molecule has 0 aromatic heterocycles. The van der Waals surface area contributed by atoms with Crippen LogP contribution in [0.3, 0.4) is 0 Å². The first-order valence-electron chi connectivity index (χ1n) is 32.2. The van der Waals surface area contributed by atoms with Gasteiger partial charge in [0.15, 0.2) is 6.10 Å². The van der Waals surface area contributed by atoms with Gasteiger partial charge in [0.05, 0.1) is 0 Å².